The maximum absolute atomic E-state index is 11.0. The van der Waals surface area contributed by atoms with Crippen molar-refractivity contribution in [3.8, 4) is 0 Å². The molecule has 0 spiro atoms. The fourth-order valence-corrected chi connectivity index (χ4v) is 1.62. The number of nitrogen functional groups attached to an aromatic ring is 1. The van der Waals surface area contributed by atoms with E-state index in [9.17, 15) is 10.1 Å². The van der Waals surface area contributed by atoms with E-state index in [1.54, 1.807) is 18.2 Å². The summed E-state index contributed by atoms with van der Waals surface area (Å²) in [5, 5.41) is 14.1. The third-order valence-corrected chi connectivity index (χ3v) is 2.47. The summed E-state index contributed by atoms with van der Waals surface area (Å²) in [7, 11) is 3.98. The predicted octanol–water partition coefficient (Wildman–Crippen LogP) is 1.24. The molecule has 0 saturated heterocycles. The quantitative estimate of drug-likeness (QED) is 0.293. The lowest BCUT2D eigenvalue weighted by atomic mass is 10.2. The first-order chi connectivity index (χ1) is 8.56. The van der Waals surface area contributed by atoms with E-state index >= 15 is 0 Å². The predicted molar refractivity (Wildman–Crippen MR) is 72.6 cm³/mol. The fraction of sp³-hybridized carbons (Fsp3) is 0.455. The maximum Gasteiger partial charge on any atom is 0.316 e. The number of nitrogens with two attached hydrogens (primary N) is 1. The number of para-hydroxylation sites is 1. The molecule has 4 N–H and O–H groups in total. The van der Waals surface area contributed by atoms with Crippen molar-refractivity contribution in [2.24, 2.45) is 5.84 Å². The lowest BCUT2D eigenvalue weighted by Gasteiger charge is -2.12. The number of hydrogen-bond acceptors (Lipinski definition) is 6. The molecule has 0 radical (unpaired) electrons. The summed E-state index contributed by atoms with van der Waals surface area (Å²) in [5.41, 5.74) is 3.10. The number of nitrogens with zero attached hydrogens (tertiary/aromatic N) is 2. The van der Waals surface area contributed by atoms with Crippen molar-refractivity contribution >= 4 is 17.1 Å². The van der Waals surface area contributed by atoms with Gasteiger partial charge in [0, 0.05) is 6.54 Å². The molecule has 1 aromatic rings. The Kier molecular flexibility index (Phi) is 5.34. The highest BCUT2D eigenvalue weighted by molar-refractivity contribution is 5.75. The second kappa shape index (κ2) is 6.77. The van der Waals surface area contributed by atoms with Gasteiger partial charge in [-0.3, -0.25) is 16.0 Å². The molecule has 0 saturated carbocycles. The number of rotatable bonds is 7. The number of hydrogen-bond donors (Lipinski definition) is 3. The molecular weight excluding hydrogens is 234 g/mol. The van der Waals surface area contributed by atoms with Crippen molar-refractivity contribution in [1.29, 1.82) is 0 Å². The summed E-state index contributed by atoms with van der Waals surface area (Å²) in [6, 6.07) is 4.97. The van der Waals surface area contributed by atoms with Crippen molar-refractivity contribution < 1.29 is 4.92 Å². The van der Waals surface area contributed by atoms with Gasteiger partial charge >= 0.3 is 5.69 Å². The highest BCUT2D eigenvalue weighted by Crippen LogP contribution is 2.31. The number of hydrazine groups is 1. The normalized spacial score (nSPS) is 10.4. The van der Waals surface area contributed by atoms with Crippen molar-refractivity contribution in [3.63, 3.8) is 0 Å². The molecule has 0 heterocycles. The monoisotopic (exact) mass is 253 g/mol. The summed E-state index contributed by atoms with van der Waals surface area (Å²) >= 11 is 0. The molecule has 1 aromatic carbocycles. The fourth-order valence-electron chi connectivity index (χ4n) is 1.62. The Bertz CT molecular complexity index is 408. The topological polar surface area (TPSA) is 96.5 Å². The summed E-state index contributed by atoms with van der Waals surface area (Å²) in [6.45, 7) is 1.60. The van der Waals surface area contributed by atoms with Crippen molar-refractivity contribution in [3.05, 3.63) is 28.3 Å². The van der Waals surface area contributed by atoms with Gasteiger partial charge in [0.25, 0.3) is 0 Å². The van der Waals surface area contributed by atoms with Gasteiger partial charge in [0.05, 0.1) is 4.92 Å². The van der Waals surface area contributed by atoms with Crippen LogP contribution in [0, 0.1) is 10.1 Å². The van der Waals surface area contributed by atoms with Gasteiger partial charge in [0.2, 0.25) is 0 Å². The molecule has 0 aliphatic heterocycles. The van der Waals surface area contributed by atoms with Gasteiger partial charge < -0.3 is 15.6 Å². The number of nitro groups is 1. The molecule has 1 rings (SSSR count). The highest BCUT2D eigenvalue weighted by Gasteiger charge is 2.18. The van der Waals surface area contributed by atoms with Gasteiger partial charge in [-0.25, -0.2) is 0 Å². The number of nitrogens with one attached hydrogen (secondary N) is 2. The van der Waals surface area contributed by atoms with Crippen LogP contribution < -0.4 is 16.6 Å². The van der Waals surface area contributed by atoms with Crippen LogP contribution in [0.15, 0.2) is 18.2 Å². The number of anilines is 2. The Balaban J connectivity index is 2.72. The molecule has 18 heavy (non-hydrogen) atoms. The van der Waals surface area contributed by atoms with E-state index in [-0.39, 0.29) is 5.69 Å². The van der Waals surface area contributed by atoms with Gasteiger partial charge in [-0.1, -0.05) is 6.07 Å². The minimum Gasteiger partial charge on any atom is -0.379 e. The first kappa shape index (κ1) is 14.2. The van der Waals surface area contributed by atoms with Crippen LogP contribution in [0.1, 0.15) is 6.42 Å². The van der Waals surface area contributed by atoms with Gasteiger partial charge in [0.15, 0.2) is 0 Å². The SMILES string of the molecule is CN(C)CCCNc1cccc(NN)c1[N+](=O)[O-]. The van der Waals surface area contributed by atoms with Crippen LogP contribution in [-0.4, -0.2) is 37.0 Å². The van der Waals surface area contributed by atoms with Crippen LogP contribution in [-0.2, 0) is 0 Å². The second-order valence-corrected chi connectivity index (χ2v) is 4.19. The molecule has 0 atom stereocenters. The molecular formula is C11H19N5O2. The van der Waals surface area contributed by atoms with E-state index in [1.807, 2.05) is 14.1 Å². The summed E-state index contributed by atoms with van der Waals surface area (Å²) in [6.07, 6.45) is 0.907. The zero-order chi connectivity index (χ0) is 13.5. The largest absolute Gasteiger partial charge is 0.379 e. The van der Waals surface area contributed by atoms with E-state index in [4.69, 9.17) is 5.84 Å². The van der Waals surface area contributed by atoms with Crippen LogP contribution in [0.5, 0.6) is 0 Å². The van der Waals surface area contributed by atoms with E-state index < -0.39 is 4.92 Å². The Morgan fingerprint density at radius 2 is 2.06 bits per heavy atom. The third kappa shape index (κ3) is 3.86. The lowest BCUT2D eigenvalue weighted by Crippen LogP contribution is -2.17. The second-order valence-electron chi connectivity index (χ2n) is 4.19. The van der Waals surface area contributed by atoms with Crippen molar-refractivity contribution in [2.75, 3.05) is 37.9 Å². The molecule has 0 amide bonds. The molecule has 0 aromatic heterocycles. The smallest absolute Gasteiger partial charge is 0.316 e. The average molecular weight is 253 g/mol. The third-order valence-electron chi connectivity index (χ3n) is 2.47. The minimum atomic E-state index is -0.441. The molecule has 7 nitrogen and oxygen atoms in total. The Morgan fingerprint density at radius 1 is 1.39 bits per heavy atom. The van der Waals surface area contributed by atoms with E-state index in [2.05, 4.69) is 15.6 Å². The van der Waals surface area contributed by atoms with Crippen LogP contribution in [0.4, 0.5) is 17.1 Å². The molecule has 0 unspecified atom stereocenters. The lowest BCUT2D eigenvalue weighted by molar-refractivity contribution is -0.383. The standard InChI is InChI=1S/C11H19N5O2/c1-15(2)8-4-7-13-9-5-3-6-10(14-12)11(9)16(17)18/h3,5-6,13-14H,4,7-8,12H2,1-2H3. The summed E-state index contributed by atoms with van der Waals surface area (Å²) < 4.78 is 0. The van der Waals surface area contributed by atoms with Gasteiger partial charge in [-0.05, 0) is 39.2 Å². The zero-order valence-electron chi connectivity index (χ0n) is 10.6. The van der Waals surface area contributed by atoms with Crippen molar-refractivity contribution in [2.45, 2.75) is 6.42 Å². The molecule has 0 bridgehead atoms. The molecule has 0 fully saturated rings. The van der Waals surface area contributed by atoms with Crippen LogP contribution in [0.25, 0.3) is 0 Å². The van der Waals surface area contributed by atoms with Gasteiger partial charge in [-0.15, -0.1) is 0 Å². The maximum atomic E-state index is 11.0. The Morgan fingerprint density at radius 3 is 2.61 bits per heavy atom. The van der Waals surface area contributed by atoms with E-state index in [0.717, 1.165) is 13.0 Å². The van der Waals surface area contributed by atoms with E-state index in [0.29, 0.717) is 17.9 Å². The minimum absolute atomic E-state index is 0.0233. The number of nitro benzene ring substituents is 1. The van der Waals surface area contributed by atoms with Crippen LogP contribution in [0.2, 0.25) is 0 Å². The molecule has 0 aliphatic rings. The van der Waals surface area contributed by atoms with Crippen LogP contribution >= 0.6 is 0 Å². The molecule has 0 aliphatic carbocycles. The number of benzene rings is 1. The average Bonchev–Trinajstić information content (AvgIpc) is 2.33. The molecule has 100 valence electrons. The highest BCUT2D eigenvalue weighted by atomic mass is 16.6. The van der Waals surface area contributed by atoms with Gasteiger partial charge in [-0.2, -0.15) is 0 Å². The summed E-state index contributed by atoms with van der Waals surface area (Å²) in [4.78, 5) is 12.6. The van der Waals surface area contributed by atoms with Crippen molar-refractivity contribution in [1.82, 2.24) is 4.90 Å². The first-order valence-electron chi connectivity index (χ1n) is 5.69. The zero-order valence-corrected chi connectivity index (χ0v) is 10.6. The van der Waals surface area contributed by atoms with Crippen LogP contribution in [0.3, 0.4) is 0 Å². The Labute approximate surface area is 106 Å². The summed E-state index contributed by atoms with van der Waals surface area (Å²) in [5.74, 6) is 5.26. The van der Waals surface area contributed by atoms with Gasteiger partial charge in [0.1, 0.15) is 11.4 Å². The molecule has 7 heteroatoms. The van der Waals surface area contributed by atoms with E-state index in [1.165, 1.54) is 0 Å². The Hall–Kier alpha value is -1.86. The first-order valence-corrected chi connectivity index (χ1v) is 5.69.